The number of thiazole rings is 1. The fourth-order valence-corrected chi connectivity index (χ4v) is 5.15. The topological polar surface area (TPSA) is 51.4 Å². The van der Waals surface area contributed by atoms with Crippen LogP contribution in [0.4, 0.5) is 0 Å². The summed E-state index contributed by atoms with van der Waals surface area (Å²) < 4.78 is 32.5. The van der Waals surface area contributed by atoms with Gasteiger partial charge in [-0.05, 0) is 42.0 Å². The standard InChI is InChI=1S/C21H15BrN2O2S2/c22-17-11-13-19(14-12-17)28(25,26)23-21-24(18-9-5-2-6-10-18)20(15-27-21)16-7-3-1-4-8-16/h1-15H/b23-21+. The summed E-state index contributed by atoms with van der Waals surface area (Å²) in [4.78, 5) is 0.554. The molecule has 0 saturated carbocycles. The second-order valence-electron chi connectivity index (χ2n) is 5.96. The molecule has 0 atom stereocenters. The first-order chi connectivity index (χ1) is 13.5. The fourth-order valence-electron chi connectivity index (χ4n) is 2.77. The fraction of sp³-hybridized carbons (Fsp3) is 0. The van der Waals surface area contributed by atoms with Crippen LogP contribution in [0.25, 0.3) is 16.9 Å². The maximum absolute atomic E-state index is 12.9. The molecule has 0 spiro atoms. The number of benzene rings is 3. The van der Waals surface area contributed by atoms with Crippen molar-refractivity contribution in [1.29, 1.82) is 0 Å². The Morgan fingerprint density at radius 2 is 1.43 bits per heavy atom. The third-order valence-electron chi connectivity index (χ3n) is 4.10. The third kappa shape index (κ3) is 3.87. The molecule has 7 heteroatoms. The van der Waals surface area contributed by atoms with Gasteiger partial charge >= 0.3 is 0 Å². The normalized spacial score (nSPS) is 12.2. The lowest BCUT2D eigenvalue weighted by Gasteiger charge is -2.09. The van der Waals surface area contributed by atoms with Gasteiger partial charge in [-0.3, -0.25) is 4.57 Å². The van der Waals surface area contributed by atoms with Crippen LogP contribution in [0.3, 0.4) is 0 Å². The lowest BCUT2D eigenvalue weighted by molar-refractivity contribution is 0.596. The van der Waals surface area contributed by atoms with E-state index in [9.17, 15) is 8.42 Å². The molecule has 0 aliphatic rings. The van der Waals surface area contributed by atoms with Crippen LogP contribution < -0.4 is 4.80 Å². The molecule has 0 aliphatic heterocycles. The molecule has 0 radical (unpaired) electrons. The van der Waals surface area contributed by atoms with Crippen LogP contribution in [0.15, 0.2) is 104 Å². The highest BCUT2D eigenvalue weighted by Crippen LogP contribution is 2.24. The van der Waals surface area contributed by atoms with Crippen molar-refractivity contribution in [3.63, 3.8) is 0 Å². The Labute approximate surface area is 175 Å². The van der Waals surface area contributed by atoms with E-state index in [0.29, 0.717) is 4.80 Å². The van der Waals surface area contributed by atoms with E-state index in [1.54, 1.807) is 24.3 Å². The SMILES string of the molecule is O=S(=O)(/N=c1/scc(-c2ccccc2)n1-c1ccccc1)c1ccc(Br)cc1. The van der Waals surface area contributed by atoms with Crippen LogP contribution in [0, 0.1) is 0 Å². The first-order valence-electron chi connectivity index (χ1n) is 8.42. The molecule has 0 fully saturated rings. The molecular formula is C21H15BrN2O2S2. The number of nitrogens with zero attached hydrogens (tertiary/aromatic N) is 2. The smallest absolute Gasteiger partial charge is 0.284 e. The van der Waals surface area contributed by atoms with Crippen LogP contribution in [0.5, 0.6) is 0 Å². The van der Waals surface area contributed by atoms with E-state index >= 15 is 0 Å². The largest absolute Gasteiger partial charge is 0.285 e. The molecular weight excluding hydrogens is 456 g/mol. The summed E-state index contributed by atoms with van der Waals surface area (Å²) >= 11 is 4.62. The Bertz CT molecular complexity index is 1260. The highest BCUT2D eigenvalue weighted by molar-refractivity contribution is 9.10. The molecule has 0 bridgehead atoms. The maximum Gasteiger partial charge on any atom is 0.285 e. The first-order valence-corrected chi connectivity index (χ1v) is 11.5. The van der Waals surface area contributed by atoms with Crippen LogP contribution in [-0.2, 0) is 10.0 Å². The van der Waals surface area contributed by atoms with Crippen molar-refractivity contribution in [3.8, 4) is 16.9 Å². The van der Waals surface area contributed by atoms with E-state index in [2.05, 4.69) is 20.3 Å². The van der Waals surface area contributed by atoms with E-state index < -0.39 is 10.0 Å². The molecule has 1 aromatic heterocycles. The minimum Gasteiger partial charge on any atom is -0.284 e. The Morgan fingerprint density at radius 1 is 0.821 bits per heavy atom. The number of aromatic nitrogens is 1. The zero-order valence-electron chi connectivity index (χ0n) is 14.6. The van der Waals surface area contributed by atoms with Crippen molar-refractivity contribution in [3.05, 3.63) is 99.6 Å². The third-order valence-corrected chi connectivity index (χ3v) is 6.85. The highest BCUT2D eigenvalue weighted by Gasteiger charge is 2.16. The summed E-state index contributed by atoms with van der Waals surface area (Å²) in [5, 5.41) is 1.93. The van der Waals surface area contributed by atoms with Gasteiger partial charge in [0.25, 0.3) is 10.0 Å². The van der Waals surface area contributed by atoms with Gasteiger partial charge in [-0.15, -0.1) is 15.7 Å². The Hall–Kier alpha value is -2.48. The van der Waals surface area contributed by atoms with Crippen molar-refractivity contribution in [2.24, 2.45) is 4.40 Å². The van der Waals surface area contributed by atoms with E-state index in [4.69, 9.17) is 0 Å². The number of para-hydroxylation sites is 1. The molecule has 0 unspecified atom stereocenters. The van der Waals surface area contributed by atoms with Gasteiger partial charge in [-0.1, -0.05) is 64.5 Å². The first kappa shape index (κ1) is 18.9. The molecule has 28 heavy (non-hydrogen) atoms. The van der Waals surface area contributed by atoms with Gasteiger partial charge < -0.3 is 0 Å². The van der Waals surface area contributed by atoms with E-state index in [1.807, 2.05) is 70.6 Å². The minimum atomic E-state index is -3.84. The predicted molar refractivity (Wildman–Crippen MR) is 116 cm³/mol. The number of sulfonamides is 1. The molecule has 4 nitrogen and oxygen atoms in total. The van der Waals surface area contributed by atoms with Crippen molar-refractivity contribution >= 4 is 37.3 Å². The molecule has 3 aromatic carbocycles. The molecule has 4 aromatic rings. The van der Waals surface area contributed by atoms with Crippen molar-refractivity contribution < 1.29 is 8.42 Å². The number of hydrogen-bond donors (Lipinski definition) is 0. The summed E-state index contributed by atoms with van der Waals surface area (Å²) in [5.41, 5.74) is 2.74. The van der Waals surface area contributed by atoms with Gasteiger partial charge in [-0.25, -0.2) is 0 Å². The van der Waals surface area contributed by atoms with Gasteiger partial charge in [0.15, 0.2) is 0 Å². The van der Waals surface area contributed by atoms with Crippen molar-refractivity contribution in [2.75, 3.05) is 0 Å². The van der Waals surface area contributed by atoms with Gasteiger partial charge in [-0.2, -0.15) is 8.42 Å². The molecule has 0 N–H and O–H groups in total. The lowest BCUT2D eigenvalue weighted by atomic mass is 10.1. The van der Waals surface area contributed by atoms with E-state index in [-0.39, 0.29) is 4.90 Å². The summed E-state index contributed by atoms with van der Waals surface area (Å²) in [7, 11) is -3.84. The molecule has 0 aliphatic carbocycles. The number of rotatable bonds is 4. The quantitative estimate of drug-likeness (QED) is 0.408. The van der Waals surface area contributed by atoms with Gasteiger partial charge in [0.05, 0.1) is 10.6 Å². The summed E-state index contributed by atoms with van der Waals surface area (Å²) in [6.45, 7) is 0. The monoisotopic (exact) mass is 470 g/mol. The Morgan fingerprint density at radius 3 is 2.07 bits per heavy atom. The zero-order chi connectivity index (χ0) is 19.6. The second-order valence-corrected chi connectivity index (χ2v) is 9.32. The number of hydrogen-bond acceptors (Lipinski definition) is 3. The average Bonchev–Trinajstić information content (AvgIpc) is 3.12. The van der Waals surface area contributed by atoms with Crippen molar-refractivity contribution in [2.45, 2.75) is 4.90 Å². The van der Waals surface area contributed by atoms with Gasteiger partial charge in [0.2, 0.25) is 4.80 Å². The van der Waals surface area contributed by atoms with Gasteiger partial charge in [0.1, 0.15) is 0 Å². The summed E-state index contributed by atoms with van der Waals surface area (Å²) in [6.07, 6.45) is 0. The van der Waals surface area contributed by atoms with Crippen LogP contribution in [-0.4, -0.2) is 13.0 Å². The van der Waals surface area contributed by atoms with E-state index in [1.165, 1.54) is 11.3 Å². The maximum atomic E-state index is 12.9. The highest BCUT2D eigenvalue weighted by atomic mass is 79.9. The lowest BCUT2D eigenvalue weighted by Crippen LogP contribution is -2.16. The average molecular weight is 471 g/mol. The molecule has 140 valence electrons. The number of halogens is 1. The second kappa shape index (κ2) is 7.87. The molecule has 0 saturated heterocycles. The summed E-state index contributed by atoms with van der Waals surface area (Å²) in [6, 6.07) is 26.0. The van der Waals surface area contributed by atoms with E-state index in [0.717, 1.165) is 21.4 Å². The Balaban J connectivity index is 1.94. The van der Waals surface area contributed by atoms with Crippen LogP contribution in [0.2, 0.25) is 0 Å². The van der Waals surface area contributed by atoms with Crippen LogP contribution in [0.1, 0.15) is 0 Å². The summed E-state index contributed by atoms with van der Waals surface area (Å²) in [5.74, 6) is 0. The van der Waals surface area contributed by atoms with Crippen LogP contribution >= 0.6 is 27.3 Å². The predicted octanol–water partition coefficient (Wildman–Crippen LogP) is 5.26. The molecule has 1 heterocycles. The van der Waals surface area contributed by atoms with Gasteiger partial charge in [0, 0.05) is 15.5 Å². The Kier molecular flexibility index (Phi) is 5.30. The molecule has 4 rings (SSSR count). The minimum absolute atomic E-state index is 0.157. The zero-order valence-corrected chi connectivity index (χ0v) is 17.8. The molecule has 0 amide bonds. The van der Waals surface area contributed by atoms with Crippen molar-refractivity contribution in [1.82, 2.24) is 4.57 Å².